The van der Waals surface area contributed by atoms with E-state index in [1.807, 2.05) is 18.5 Å². The molecule has 1 saturated carbocycles. The Kier molecular flexibility index (Phi) is 1.87. The lowest BCUT2D eigenvalue weighted by molar-refractivity contribution is -0.154. The summed E-state index contributed by atoms with van der Waals surface area (Å²) in [7, 11) is 0. The van der Waals surface area contributed by atoms with Crippen molar-refractivity contribution >= 4 is 5.97 Å². The largest absolute Gasteiger partial charge is 0.481 e. The summed E-state index contributed by atoms with van der Waals surface area (Å²) in [6.07, 6.45) is 7.09. The molecule has 1 aliphatic rings. The number of H-pyrrole nitrogens is 1. The third-order valence-electron chi connectivity index (χ3n) is 2.97. The monoisotopic (exact) mass is 179 g/mol. The highest BCUT2D eigenvalue weighted by atomic mass is 16.4. The van der Waals surface area contributed by atoms with Crippen LogP contribution in [-0.4, -0.2) is 16.1 Å². The molecule has 1 aromatic rings. The molecule has 1 aliphatic carbocycles. The predicted molar refractivity (Wildman–Crippen MR) is 48.4 cm³/mol. The van der Waals surface area contributed by atoms with Crippen molar-refractivity contribution in [1.29, 1.82) is 0 Å². The van der Waals surface area contributed by atoms with Crippen molar-refractivity contribution in [3.05, 3.63) is 24.0 Å². The maximum Gasteiger partial charge on any atom is 0.309 e. The van der Waals surface area contributed by atoms with Crippen molar-refractivity contribution in [1.82, 2.24) is 4.98 Å². The highest BCUT2D eigenvalue weighted by Crippen LogP contribution is 2.43. The zero-order chi connectivity index (χ0) is 9.31. The number of carbonyl (C=O) groups is 1. The summed E-state index contributed by atoms with van der Waals surface area (Å²) in [5.41, 5.74) is 0.643. The molecule has 1 fully saturated rings. The Hall–Kier alpha value is -1.25. The van der Waals surface area contributed by atoms with E-state index < -0.39 is 11.4 Å². The number of hydrogen-bond acceptors (Lipinski definition) is 1. The average Bonchev–Trinajstić information content (AvgIpc) is 2.47. The van der Waals surface area contributed by atoms with Crippen molar-refractivity contribution < 1.29 is 9.90 Å². The van der Waals surface area contributed by atoms with Crippen LogP contribution in [0.5, 0.6) is 0 Å². The van der Waals surface area contributed by atoms with Crippen LogP contribution in [-0.2, 0) is 11.2 Å². The van der Waals surface area contributed by atoms with Gasteiger partial charge in [-0.2, -0.15) is 0 Å². The lowest BCUT2D eigenvalue weighted by atomic mass is 9.66. The molecule has 0 spiro atoms. The van der Waals surface area contributed by atoms with Crippen LogP contribution in [0.25, 0.3) is 0 Å². The first kappa shape index (κ1) is 8.35. The van der Waals surface area contributed by atoms with Gasteiger partial charge in [0.25, 0.3) is 0 Å². The Morgan fingerprint density at radius 3 is 2.77 bits per heavy atom. The van der Waals surface area contributed by atoms with Gasteiger partial charge < -0.3 is 10.1 Å². The van der Waals surface area contributed by atoms with Gasteiger partial charge in [-0.15, -0.1) is 0 Å². The Labute approximate surface area is 76.8 Å². The predicted octanol–water partition coefficient (Wildman–Crippen LogP) is 1.81. The van der Waals surface area contributed by atoms with Crippen LogP contribution in [0.4, 0.5) is 0 Å². The number of nitrogens with one attached hydrogen (secondary N) is 1. The number of aromatic amines is 1. The zero-order valence-electron chi connectivity index (χ0n) is 7.42. The van der Waals surface area contributed by atoms with Crippen LogP contribution in [0.1, 0.15) is 24.8 Å². The lowest BCUT2D eigenvalue weighted by Gasteiger charge is -2.37. The van der Waals surface area contributed by atoms with Gasteiger partial charge in [0, 0.05) is 12.4 Å². The summed E-state index contributed by atoms with van der Waals surface area (Å²) < 4.78 is 0. The summed E-state index contributed by atoms with van der Waals surface area (Å²) in [6, 6.07) is 1.95. The van der Waals surface area contributed by atoms with Gasteiger partial charge in [0.05, 0.1) is 5.41 Å². The molecule has 2 N–H and O–H groups in total. The first-order chi connectivity index (χ1) is 6.23. The Bertz CT molecular complexity index is 299. The molecule has 0 radical (unpaired) electrons. The van der Waals surface area contributed by atoms with Gasteiger partial charge in [-0.3, -0.25) is 4.79 Å². The molecule has 0 amide bonds. The number of carboxylic acid groups (broad SMARTS) is 1. The first-order valence-corrected chi connectivity index (χ1v) is 4.58. The van der Waals surface area contributed by atoms with E-state index in [0.717, 1.165) is 24.8 Å². The van der Waals surface area contributed by atoms with E-state index in [-0.39, 0.29) is 0 Å². The first-order valence-electron chi connectivity index (χ1n) is 4.58. The molecule has 0 saturated heterocycles. The van der Waals surface area contributed by atoms with Gasteiger partial charge >= 0.3 is 5.97 Å². The van der Waals surface area contributed by atoms with Crippen LogP contribution in [0.2, 0.25) is 0 Å². The van der Waals surface area contributed by atoms with Crippen molar-refractivity contribution in [2.24, 2.45) is 5.41 Å². The normalized spacial score (nSPS) is 19.4. The fourth-order valence-electron chi connectivity index (χ4n) is 1.93. The average molecular weight is 179 g/mol. The molecule has 0 atom stereocenters. The van der Waals surface area contributed by atoms with Crippen molar-refractivity contribution in [3.63, 3.8) is 0 Å². The fraction of sp³-hybridized carbons (Fsp3) is 0.500. The standard InChI is InChI=1S/C10H13NO2/c12-9(13)10(3-1-4-10)6-8-2-5-11-7-8/h2,5,7,11H,1,3-4,6H2,(H,12,13). The topological polar surface area (TPSA) is 53.1 Å². The van der Waals surface area contributed by atoms with E-state index in [9.17, 15) is 4.79 Å². The maximum absolute atomic E-state index is 11.0. The van der Waals surface area contributed by atoms with Crippen molar-refractivity contribution in [2.75, 3.05) is 0 Å². The highest BCUT2D eigenvalue weighted by molar-refractivity contribution is 5.76. The van der Waals surface area contributed by atoms with Gasteiger partial charge in [0.1, 0.15) is 0 Å². The van der Waals surface area contributed by atoms with Crippen LogP contribution in [0.3, 0.4) is 0 Å². The van der Waals surface area contributed by atoms with Crippen LogP contribution < -0.4 is 0 Å². The second-order valence-corrected chi connectivity index (χ2v) is 3.84. The Morgan fingerprint density at radius 2 is 2.38 bits per heavy atom. The second kappa shape index (κ2) is 2.91. The minimum atomic E-state index is -0.639. The van der Waals surface area contributed by atoms with Gasteiger partial charge in [-0.05, 0) is 30.9 Å². The molecule has 13 heavy (non-hydrogen) atoms. The molecular weight excluding hydrogens is 166 g/mol. The van der Waals surface area contributed by atoms with Crippen molar-refractivity contribution in [2.45, 2.75) is 25.7 Å². The highest BCUT2D eigenvalue weighted by Gasteiger charge is 2.44. The summed E-state index contributed by atoms with van der Waals surface area (Å²) in [4.78, 5) is 14.0. The smallest absolute Gasteiger partial charge is 0.309 e. The van der Waals surface area contributed by atoms with Gasteiger partial charge in [-0.1, -0.05) is 6.42 Å². The number of hydrogen-bond donors (Lipinski definition) is 2. The minimum Gasteiger partial charge on any atom is -0.481 e. The van der Waals surface area contributed by atoms with E-state index in [1.54, 1.807) is 0 Å². The summed E-state index contributed by atoms with van der Waals surface area (Å²) in [6.45, 7) is 0. The number of aromatic nitrogens is 1. The van der Waals surface area contributed by atoms with E-state index >= 15 is 0 Å². The number of rotatable bonds is 3. The Balaban J connectivity index is 2.11. The molecular formula is C10H13NO2. The maximum atomic E-state index is 11.0. The summed E-state index contributed by atoms with van der Waals surface area (Å²) >= 11 is 0. The molecule has 0 aromatic carbocycles. The summed E-state index contributed by atoms with van der Waals surface area (Å²) in [5, 5.41) is 9.07. The van der Waals surface area contributed by atoms with Crippen molar-refractivity contribution in [3.8, 4) is 0 Å². The third kappa shape index (κ3) is 1.34. The number of carboxylic acids is 1. The van der Waals surface area contributed by atoms with Gasteiger partial charge in [0.2, 0.25) is 0 Å². The third-order valence-corrected chi connectivity index (χ3v) is 2.97. The van der Waals surface area contributed by atoms with E-state index in [4.69, 9.17) is 5.11 Å². The van der Waals surface area contributed by atoms with E-state index in [0.29, 0.717) is 6.42 Å². The van der Waals surface area contributed by atoms with E-state index in [2.05, 4.69) is 4.98 Å². The molecule has 1 heterocycles. The molecule has 1 aromatic heterocycles. The number of aliphatic carboxylic acids is 1. The molecule has 3 heteroatoms. The molecule has 2 rings (SSSR count). The van der Waals surface area contributed by atoms with Crippen LogP contribution in [0.15, 0.2) is 18.5 Å². The zero-order valence-corrected chi connectivity index (χ0v) is 7.42. The van der Waals surface area contributed by atoms with E-state index in [1.165, 1.54) is 0 Å². The molecule has 0 bridgehead atoms. The fourth-order valence-corrected chi connectivity index (χ4v) is 1.93. The van der Waals surface area contributed by atoms with Gasteiger partial charge in [-0.25, -0.2) is 0 Å². The SMILES string of the molecule is O=C(O)C1(Cc2cc[nH]c2)CCC1. The molecule has 70 valence electrons. The quantitative estimate of drug-likeness (QED) is 0.743. The molecule has 0 unspecified atom stereocenters. The molecule has 3 nitrogen and oxygen atoms in total. The van der Waals surface area contributed by atoms with Crippen LogP contribution >= 0.6 is 0 Å². The molecule has 0 aliphatic heterocycles. The summed E-state index contributed by atoms with van der Waals surface area (Å²) in [5.74, 6) is -0.639. The second-order valence-electron chi connectivity index (χ2n) is 3.84. The lowest BCUT2D eigenvalue weighted by Crippen LogP contribution is -2.39. The van der Waals surface area contributed by atoms with Crippen LogP contribution in [0, 0.1) is 5.41 Å². The Morgan fingerprint density at radius 1 is 1.62 bits per heavy atom. The minimum absolute atomic E-state index is 0.456. The van der Waals surface area contributed by atoms with Gasteiger partial charge in [0.15, 0.2) is 0 Å².